The molecule has 1 aromatic heterocycles. The largest absolute Gasteiger partial charge is 0.294 e. The Bertz CT molecular complexity index is 429. The molecule has 0 radical (unpaired) electrons. The van der Waals surface area contributed by atoms with Gasteiger partial charge in [-0.1, -0.05) is 0 Å². The van der Waals surface area contributed by atoms with Crippen LogP contribution in [0.3, 0.4) is 0 Å². The monoisotopic (exact) mass is 232 g/mol. The summed E-state index contributed by atoms with van der Waals surface area (Å²) >= 11 is 1.46. The molecular formula is C9H12O3S2. The molecule has 1 heterocycles. The molecule has 0 atom stereocenters. The summed E-state index contributed by atoms with van der Waals surface area (Å²) in [6.45, 7) is 1.85. The van der Waals surface area contributed by atoms with Gasteiger partial charge in [-0.05, 0) is 17.9 Å². The maximum Gasteiger partial charge on any atom is 0.164 e. The minimum absolute atomic E-state index is 0.0683. The summed E-state index contributed by atoms with van der Waals surface area (Å²) in [4.78, 5) is 11.5. The Hall–Kier alpha value is -0.680. The van der Waals surface area contributed by atoms with E-state index < -0.39 is 9.84 Å². The van der Waals surface area contributed by atoms with Crippen molar-refractivity contribution in [2.75, 3.05) is 12.0 Å². The first kappa shape index (κ1) is 11.4. The highest BCUT2D eigenvalue weighted by Gasteiger charge is 2.12. The van der Waals surface area contributed by atoms with Gasteiger partial charge in [0.2, 0.25) is 0 Å². The fourth-order valence-corrected chi connectivity index (χ4v) is 2.47. The van der Waals surface area contributed by atoms with Crippen LogP contribution >= 0.6 is 11.3 Å². The first-order valence-electron chi connectivity index (χ1n) is 4.14. The maximum absolute atomic E-state index is 11.5. The minimum Gasteiger partial charge on any atom is -0.294 e. The first-order valence-corrected chi connectivity index (χ1v) is 7.14. The summed E-state index contributed by atoms with van der Waals surface area (Å²) in [6, 6.07) is 0. The second-order valence-corrected chi connectivity index (χ2v) is 6.27. The van der Waals surface area contributed by atoms with Crippen LogP contribution in [0.4, 0.5) is 0 Å². The lowest BCUT2D eigenvalue weighted by Crippen LogP contribution is -2.09. The number of carbonyl (C=O) groups excluding carboxylic acids is 1. The van der Waals surface area contributed by atoms with Crippen LogP contribution in [0.15, 0.2) is 10.8 Å². The van der Waals surface area contributed by atoms with E-state index in [-0.39, 0.29) is 18.0 Å². The minimum atomic E-state index is -3.04. The summed E-state index contributed by atoms with van der Waals surface area (Å²) in [6.07, 6.45) is 1.22. The van der Waals surface area contributed by atoms with Gasteiger partial charge >= 0.3 is 0 Å². The molecule has 1 aromatic rings. The molecule has 0 aliphatic heterocycles. The average molecular weight is 232 g/mol. The van der Waals surface area contributed by atoms with Crippen molar-refractivity contribution in [1.29, 1.82) is 0 Å². The zero-order valence-electron chi connectivity index (χ0n) is 8.11. The molecular weight excluding hydrogens is 220 g/mol. The fourth-order valence-electron chi connectivity index (χ4n) is 1.06. The second-order valence-electron chi connectivity index (χ2n) is 3.27. The summed E-state index contributed by atoms with van der Waals surface area (Å²) in [5.41, 5.74) is 1.58. The molecule has 0 aliphatic carbocycles. The van der Waals surface area contributed by atoms with Crippen LogP contribution in [0.5, 0.6) is 0 Å². The Labute approximate surface area is 87.7 Å². The van der Waals surface area contributed by atoms with Crippen LogP contribution in [-0.4, -0.2) is 26.2 Å². The van der Waals surface area contributed by atoms with E-state index in [0.717, 1.165) is 11.8 Å². The number of thiophene rings is 1. The van der Waals surface area contributed by atoms with Gasteiger partial charge < -0.3 is 0 Å². The van der Waals surface area contributed by atoms with E-state index in [1.54, 1.807) is 5.38 Å². The lowest BCUT2D eigenvalue weighted by atomic mass is 10.1. The Balaban J connectivity index is 2.65. The van der Waals surface area contributed by atoms with Crippen molar-refractivity contribution in [3.8, 4) is 0 Å². The quantitative estimate of drug-likeness (QED) is 0.742. The van der Waals surface area contributed by atoms with Gasteiger partial charge in [0, 0.05) is 23.6 Å². The summed E-state index contributed by atoms with van der Waals surface area (Å²) in [5, 5.41) is 3.65. The Kier molecular flexibility index (Phi) is 3.44. The van der Waals surface area contributed by atoms with Gasteiger partial charge in [0.05, 0.1) is 5.75 Å². The number of hydrogen-bond donors (Lipinski definition) is 0. The lowest BCUT2D eigenvalue weighted by Gasteiger charge is -1.98. The van der Waals surface area contributed by atoms with Crippen molar-refractivity contribution in [2.24, 2.45) is 0 Å². The third-order valence-electron chi connectivity index (χ3n) is 1.86. The predicted octanol–water partition coefficient (Wildman–Crippen LogP) is 1.67. The molecule has 0 fully saturated rings. The number of hydrogen-bond acceptors (Lipinski definition) is 4. The number of sulfone groups is 1. The summed E-state index contributed by atoms with van der Waals surface area (Å²) < 4.78 is 21.7. The first-order chi connectivity index (χ1) is 6.40. The fraction of sp³-hybridized carbons (Fsp3) is 0.444. The van der Waals surface area contributed by atoms with Crippen LogP contribution in [-0.2, 0) is 9.84 Å². The molecule has 78 valence electrons. The molecule has 5 heteroatoms. The summed E-state index contributed by atoms with van der Waals surface area (Å²) in [5.74, 6) is -0.157. The van der Waals surface area contributed by atoms with Gasteiger partial charge in [-0.25, -0.2) is 8.42 Å². The molecule has 0 saturated carbocycles. The zero-order valence-corrected chi connectivity index (χ0v) is 9.74. The standard InChI is InChI=1S/C9H12O3S2/c1-7-5-13-6-8(7)9(10)3-4-14(2,11)12/h5-6H,3-4H2,1-2H3. The molecule has 0 spiro atoms. The van der Waals surface area contributed by atoms with E-state index in [1.165, 1.54) is 11.3 Å². The average Bonchev–Trinajstić information content (AvgIpc) is 2.46. The predicted molar refractivity (Wildman–Crippen MR) is 57.7 cm³/mol. The van der Waals surface area contributed by atoms with Gasteiger partial charge in [0.25, 0.3) is 0 Å². The molecule has 0 aromatic carbocycles. The molecule has 0 saturated heterocycles. The van der Waals surface area contributed by atoms with Gasteiger partial charge in [0.1, 0.15) is 9.84 Å². The van der Waals surface area contributed by atoms with E-state index in [1.807, 2.05) is 12.3 Å². The van der Waals surface area contributed by atoms with Crippen molar-refractivity contribution < 1.29 is 13.2 Å². The maximum atomic E-state index is 11.5. The number of rotatable bonds is 4. The number of carbonyl (C=O) groups is 1. The van der Waals surface area contributed by atoms with Crippen LogP contribution in [0.1, 0.15) is 22.3 Å². The second kappa shape index (κ2) is 4.23. The van der Waals surface area contributed by atoms with Crippen molar-refractivity contribution >= 4 is 27.0 Å². The Morgan fingerprint density at radius 1 is 1.43 bits per heavy atom. The molecule has 1 rings (SSSR count). The smallest absolute Gasteiger partial charge is 0.164 e. The number of ketones is 1. The molecule has 0 N–H and O–H groups in total. The third-order valence-corrected chi connectivity index (χ3v) is 3.66. The van der Waals surface area contributed by atoms with Gasteiger partial charge in [-0.2, -0.15) is 11.3 Å². The van der Waals surface area contributed by atoms with Crippen molar-refractivity contribution in [3.05, 3.63) is 21.9 Å². The highest BCUT2D eigenvalue weighted by Crippen LogP contribution is 2.15. The van der Waals surface area contributed by atoms with Crippen LogP contribution < -0.4 is 0 Å². The van der Waals surface area contributed by atoms with Crippen LogP contribution in [0, 0.1) is 6.92 Å². The zero-order chi connectivity index (χ0) is 10.8. The third kappa shape index (κ3) is 3.23. The number of Topliss-reactive ketones (excluding diaryl/α,β-unsaturated/α-hetero) is 1. The lowest BCUT2D eigenvalue weighted by molar-refractivity contribution is 0.0988. The topological polar surface area (TPSA) is 51.2 Å². The molecule has 0 unspecified atom stereocenters. The normalized spacial score (nSPS) is 11.6. The van der Waals surface area contributed by atoms with E-state index in [2.05, 4.69) is 0 Å². The van der Waals surface area contributed by atoms with Gasteiger partial charge in [-0.3, -0.25) is 4.79 Å². The van der Waals surface area contributed by atoms with Gasteiger partial charge in [0.15, 0.2) is 5.78 Å². The molecule has 0 bridgehead atoms. The Morgan fingerprint density at radius 2 is 2.07 bits per heavy atom. The van der Waals surface area contributed by atoms with E-state index in [0.29, 0.717) is 5.56 Å². The van der Waals surface area contributed by atoms with E-state index >= 15 is 0 Å². The molecule has 0 amide bonds. The van der Waals surface area contributed by atoms with Crippen LogP contribution in [0.2, 0.25) is 0 Å². The van der Waals surface area contributed by atoms with Crippen molar-refractivity contribution in [1.82, 2.24) is 0 Å². The van der Waals surface area contributed by atoms with E-state index in [4.69, 9.17) is 0 Å². The SMILES string of the molecule is Cc1cscc1C(=O)CCS(C)(=O)=O. The van der Waals surface area contributed by atoms with Crippen LogP contribution in [0.25, 0.3) is 0 Å². The molecule has 0 aliphatic rings. The molecule has 14 heavy (non-hydrogen) atoms. The number of aryl methyl sites for hydroxylation is 1. The highest BCUT2D eigenvalue weighted by molar-refractivity contribution is 7.90. The Morgan fingerprint density at radius 3 is 2.50 bits per heavy atom. The van der Waals surface area contributed by atoms with Crippen molar-refractivity contribution in [3.63, 3.8) is 0 Å². The van der Waals surface area contributed by atoms with Gasteiger partial charge in [-0.15, -0.1) is 0 Å². The summed E-state index contributed by atoms with van der Waals surface area (Å²) in [7, 11) is -3.04. The highest BCUT2D eigenvalue weighted by atomic mass is 32.2. The molecule has 3 nitrogen and oxygen atoms in total. The van der Waals surface area contributed by atoms with Crippen molar-refractivity contribution in [2.45, 2.75) is 13.3 Å². The van der Waals surface area contributed by atoms with E-state index in [9.17, 15) is 13.2 Å².